The molecule has 0 spiro atoms. The van der Waals surface area contributed by atoms with E-state index in [2.05, 4.69) is 97.9 Å². The average Bonchev–Trinajstić information content (AvgIpc) is 3.07. The Labute approximate surface area is 254 Å². The molecule has 0 aromatic heterocycles. The number of carbonyl (C=O) groups excluding carboxylic acids is 2. The van der Waals surface area contributed by atoms with Gasteiger partial charge in [0.2, 0.25) is 0 Å². The molecule has 0 saturated heterocycles. The van der Waals surface area contributed by atoms with E-state index in [-0.39, 0.29) is 23.2 Å². The predicted octanol–water partition coefficient (Wildman–Crippen LogP) is 6.94. The van der Waals surface area contributed by atoms with Gasteiger partial charge in [-0.05, 0) is 0 Å². The number of hydrogen-bond acceptors (Lipinski definition) is 3. The molecule has 0 saturated carbocycles. The molecule has 43 heavy (non-hydrogen) atoms. The van der Waals surface area contributed by atoms with Crippen molar-refractivity contribution in [2.24, 2.45) is 5.92 Å². The quantitative estimate of drug-likeness (QED) is 0.168. The molecule has 5 aromatic carbocycles. The zero-order valence-corrected chi connectivity index (χ0v) is 25.3. The molecule has 0 radical (unpaired) electrons. The van der Waals surface area contributed by atoms with Crippen LogP contribution < -0.4 is 15.9 Å². The Morgan fingerprint density at radius 3 is 1.47 bits per heavy atom. The van der Waals surface area contributed by atoms with Gasteiger partial charge in [-0.1, -0.05) is 0 Å². The van der Waals surface area contributed by atoms with Crippen LogP contribution in [0, 0.1) is 5.92 Å². The van der Waals surface area contributed by atoms with Crippen LogP contribution in [-0.4, -0.2) is 24.3 Å². The minimum atomic E-state index is -2.49. The second-order valence-corrected chi connectivity index (χ2v) is 15.2. The Hall–Kier alpha value is -4.59. The van der Waals surface area contributed by atoms with E-state index in [9.17, 15) is 9.59 Å². The normalized spacial score (nSPS) is 14.3. The van der Waals surface area contributed by atoms with Gasteiger partial charge >= 0.3 is 255 Å². The Morgan fingerprint density at radius 2 is 0.977 bits per heavy atom. The SMILES string of the molecule is CC(COC1=C(Cc2ccccc2)C(=O)c2ccccc2C1=O)C[PH](c1ccccc1)(c1ccccc1)c1ccccc1. The number of ketones is 2. The van der Waals surface area contributed by atoms with E-state index < -0.39 is 7.26 Å². The van der Waals surface area contributed by atoms with Gasteiger partial charge in [0.15, 0.2) is 0 Å². The molecule has 1 unspecified atom stereocenters. The maximum absolute atomic E-state index is 13.8. The van der Waals surface area contributed by atoms with E-state index in [1.54, 1.807) is 24.3 Å². The first kappa shape index (κ1) is 28.5. The zero-order valence-electron chi connectivity index (χ0n) is 24.3. The number of benzene rings is 5. The van der Waals surface area contributed by atoms with E-state index >= 15 is 0 Å². The van der Waals surface area contributed by atoms with Crippen molar-refractivity contribution >= 4 is 34.7 Å². The third-order valence-corrected chi connectivity index (χ3v) is 13.6. The van der Waals surface area contributed by atoms with Crippen molar-refractivity contribution in [1.82, 2.24) is 0 Å². The third kappa shape index (κ3) is 5.74. The first-order valence-electron chi connectivity index (χ1n) is 14.8. The standard InChI is InChI=1S/C39H35O3P/c1-29(28-43(31-18-8-3-9-19-31,32-20-10-4-11-21-32)33-22-12-5-13-23-33)27-42-39-36(26-30-16-6-2-7-17-30)37(40)34-24-14-15-25-35(34)38(39)41/h2-25,29,43H,26-28H2,1H3. The molecule has 0 amide bonds. The summed E-state index contributed by atoms with van der Waals surface area (Å²) in [7, 11) is -2.49. The van der Waals surface area contributed by atoms with Gasteiger partial charge < -0.3 is 0 Å². The van der Waals surface area contributed by atoms with Crippen LogP contribution in [0.1, 0.15) is 33.2 Å². The second-order valence-electron chi connectivity index (χ2n) is 11.3. The molecule has 0 fully saturated rings. The summed E-state index contributed by atoms with van der Waals surface area (Å²) < 4.78 is 6.45. The fourth-order valence-corrected chi connectivity index (χ4v) is 11.5. The topological polar surface area (TPSA) is 43.4 Å². The van der Waals surface area contributed by atoms with Crippen LogP contribution in [0.4, 0.5) is 0 Å². The van der Waals surface area contributed by atoms with Crippen LogP contribution in [0.25, 0.3) is 0 Å². The molecule has 3 nitrogen and oxygen atoms in total. The first-order valence-corrected chi connectivity index (χ1v) is 17.0. The predicted molar refractivity (Wildman–Crippen MR) is 179 cm³/mol. The fraction of sp³-hybridized carbons (Fsp3) is 0.128. The van der Waals surface area contributed by atoms with Crippen molar-refractivity contribution in [3.63, 3.8) is 0 Å². The average molecular weight is 583 g/mol. The molecule has 0 N–H and O–H groups in total. The molecule has 0 aliphatic heterocycles. The summed E-state index contributed by atoms with van der Waals surface area (Å²) in [6, 6.07) is 49.3. The molecule has 0 bridgehead atoms. The number of ether oxygens (including phenoxy) is 1. The van der Waals surface area contributed by atoms with Crippen LogP contribution in [0.5, 0.6) is 0 Å². The molecule has 5 aromatic rings. The Balaban J connectivity index is 1.37. The summed E-state index contributed by atoms with van der Waals surface area (Å²) in [5, 5.41) is 4.00. The summed E-state index contributed by atoms with van der Waals surface area (Å²) in [6.45, 7) is 2.52. The van der Waals surface area contributed by atoms with Crippen molar-refractivity contribution < 1.29 is 14.3 Å². The van der Waals surface area contributed by atoms with Gasteiger partial charge in [-0.2, -0.15) is 0 Å². The summed E-state index contributed by atoms with van der Waals surface area (Å²) in [5.41, 5.74) is 2.26. The second kappa shape index (κ2) is 12.7. The Bertz CT molecular complexity index is 1650. The Kier molecular flexibility index (Phi) is 8.45. The summed E-state index contributed by atoms with van der Waals surface area (Å²) in [5.74, 6) is -0.0714. The van der Waals surface area contributed by atoms with Gasteiger partial charge in [-0.25, -0.2) is 0 Å². The third-order valence-electron chi connectivity index (χ3n) is 8.36. The van der Waals surface area contributed by atoms with Crippen molar-refractivity contribution in [2.45, 2.75) is 13.3 Å². The molecule has 0 heterocycles. The number of rotatable bonds is 10. The molecule has 1 aliphatic carbocycles. The van der Waals surface area contributed by atoms with E-state index in [1.165, 1.54) is 15.9 Å². The van der Waals surface area contributed by atoms with E-state index in [4.69, 9.17) is 4.74 Å². The molecule has 1 aliphatic rings. The van der Waals surface area contributed by atoms with Crippen LogP contribution in [0.2, 0.25) is 0 Å². The molecule has 6 rings (SSSR count). The van der Waals surface area contributed by atoms with Crippen molar-refractivity contribution in [2.75, 3.05) is 12.8 Å². The van der Waals surface area contributed by atoms with Crippen LogP contribution >= 0.6 is 7.26 Å². The monoisotopic (exact) mass is 582 g/mol. The summed E-state index contributed by atoms with van der Waals surface area (Å²) >= 11 is 0. The van der Waals surface area contributed by atoms with Gasteiger partial charge in [0, 0.05) is 0 Å². The van der Waals surface area contributed by atoms with Gasteiger partial charge in [0.05, 0.1) is 0 Å². The van der Waals surface area contributed by atoms with Gasteiger partial charge in [0.25, 0.3) is 0 Å². The molecule has 1 atom stereocenters. The van der Waals surface area contributed by atoms with Gasteiger partial charge in [-0.15, -0.1) is 0 Å². The number of hydrogen-bond donors (Lipinski definition) is 0. The van der Waals surface area contributed by atoms with E-state index in [0.717, 1.165) is 11.7 Å². The number of allylic oxidation sites excluding steroid dienone is 2. The van der Waals surface area contributed by atoms with E-state index in [0.29, 0.717) is 29.7 Å². The zero-order chi connectivity index (χ0) is 29.6. The molecular formula is C39H35O3P. The number of carbonyl (C=O) groups is 2. The van der Waals surface area contributed by atoms with E-state index in [1.807, 2.05) is 30.3 Å². The molecule has 4 heteroatoms. The number of fused-ring (bicyclic) bond motifs is 1. The maximum atomic E-state index is 13.8. The van der Waals surface area contributed by atoms with Crippen molar-refractivity contribution in [3.05, 3.63) is 174 Å². The fourth-order valence-electron chi connectivity index (χ4n) is 6.35. The van der Waals surface area contributed by atoms with Crippen molar-refractivity contribution in [3.8, 4) is 0 Å². The Morgan fingerprint density at radius 1 is 0.558 bits per heavy atom. The minimum absolute atomic E-state index is 0.0952. The van der Waals surface area contributed by atoms with Crippen LogP contribution in [-0.2, 0) is 11.2 Å². The van der Waals surface area contributed by atoms with Crippen molar-refractivity contribution in [1.29, 1.82) is 0 Å². The summed E-state index contributed by atoms with van der Waals surface area (Å²) in [4.78, 5) is 27.5. The van der Waals surface area contributed by atoms with Gasteiger partial charge in [0.1, 0.15) is 0 Å². The molecule has 214 valence electrons. The first-order chi connectivity index (χ1) is 21.1. The van der Waals surface area contributed by atoms with Crippen LogP contribution in [0.3, 0.4) is 0 Å². The van der Waals surface area contributed by atoms with Crippen LogP contribution in [0.15, 0.2) is 157 Å². The van der Waals surface area contributed by atoms with Gasteiger partial charge in [-0.3, -0.25) is 0 Å². The number of Topliss-reactive ketones (excluding diaryl/α,β-unsaturated/α-hetero) is 2. The molecular weight excluding hydrogens is 547 g/mol. The summed E-state index contributed by atoms with van der Waals surface area (Å²) in [6.07, 6.45) is 1.23.